The number of amides is 1. The number of carbonyl (C=O) groups excluding carboxylic acids is 1. The number of fused-ring (bicyclic) bond motifs is 1. The van der Waals surface area contributed by atoms with Crippen LogP contribution in [0.5, 0.6) is 0 Å². The lowest BCUT2D eigenvalue weighted by molar-refractivity contribution is 0.0948. The number of carbonyl (C=O) groups is 1. The van der Waals surface area contributed by atoms with Crippen LogP contribution >= 0.6 is 0 Å². The summed E-state index contributed by atoms with van der Waals surface area (Å²) in [6, 6.07) is 11.6. The predicted molar refractivity (Wildman–Crippen MR) is 73.7 cm³/mol. The van der Waals surface area contributed by atoms with Crippen LogP contribution in [0.2, 0.25) is 0 Å². The van der Waals surface area contributed by atoms with E-state index < -0.39 is 0 Å². The second-order valence-corrected chi connectivity index (χ2v) is 4.28. The van der Waals surface area contributed by atoms with Gasteiger partial charge in [0.15, 0.2) is 0 Å². The SMILES string of the molecule is O=C(NCc1cc[nH]c1)c1nccc2ccccc12. The number of H-pyrrole nitrogens is 1. The van der Waals surface area contributed by atoms with Gasteiger partial charge in [-0.05, 0) is 23.1 Å². The van der Waals surface area contributed by atoms with Crippen molar-refractivity contribution in [2.45, 2.75) is 6.54 Å². The van der Waals surface area contributed by atoms with Gasteiger partial charge in [0.1, 0.15) is 5.69 Å². The van der Waals surface area contributed by atoms with Crippen molar-refractivity contribution in [1.82, 2.24) is 15.3 Å². The molecule has 3 aromatic rings. The zero-order valence-corrected chi connectivity index (χ0v) is 10.3. The molecule has 2 heterocycles. The van der Waals surface area contributed by atoms with Crippen LogP contribution in [0, 0.1) is 0 Å². The number of nitrogens with one attached hydrogen (secondary N) is 2. The number of nitrogens with zero attached hydrogens (tertiary/aromatic N) is 1. The summed E-state index contributed by atoms with van der Waals surface area (Å²) in [6.45, 7) is 0.493. The maximum Gasteiger partial charge on any atom is 0.270 e. The summed E-state index contributed by atoms with van der Waals surface area (Å²) in [5, 5.41) is 4.76. The van der Waals surface area contributed by atoms with Crippen LogP contribution in [0.15, 0.2) is 55.0 Å². The Kier molecular flexibility index (Phi) is 2.98. The fraction of sp³-hybridized carbons (Fsp3) is 0.0667. The van der Waals surface area contributed by atoms with Crippen molar-refractivity contribution in [2.75, 3.05) is 0 Å². The lowest BCUT2D eigenvalue weighted by atomic mass is 10.1. The number of rotatable bonds is 3. The van der Waals surface area contributed by atoms with Gasteiger partial charge >= 0.3 is 0 Å². The molecule has 19 heavy (non-hydrogen) atoms. The van der Waals surface area contributed by atoms with Gasteiger partial charge in [-0.1, -0.05) is 24.3 Å². The van der Waals surface area contributed by atoms with E-state index in [0.717, 1.165) is 16.3 Å². The molecule has 2 N–H and O–H groups in total. The van der Waals surface area contributed by atoms with Crippen molar-refractivity contribution in [3.8, 4) is 0 Å². The Morgan fingerprint density at radius 2 is 2.11 bits per heavy atom. The Labute approximate surface area is 110 Å². The van der Waals surface area contributed by atoms with Gasteiger partial charge in [-0.25, -0.2) is 0 Å². The Balaban J connectivity index is 1.85. The van der Waals surface area contributed by atoms with Crippen molar-refractivity contribution in [1.29, 1.82) is 0 Å². The minimum atomic E-state index is -0.155. The summed E-state index contributed by atoms with van der Waals surface area (Å²) in [4.78, 5) is 19.3. The minimum absolute atomic E-state index is 0.155. The lowest BCUT2D eigenvalue weighted by Crippen LogP contribution is -2.23. The molecule has 4 heteroatoms. The highest BCUT2D eigenvalue weighted by Gasteiger charge is 2.10. The fourth-order valence-corrected chi connectivity index (χ4v) is 2.04. The number of benzene rings is 1. The highest BCUT2D eigenvalue weighted by Crippen LogP contribution is 2.16. The van der Waals surface area contributed by atoms with Gasteiger partial charge in [0.25, 0.3) is 5.91 Å². The molecule has 1 aromatic carbocycles. The van der Waals surface area contributed by atoms with Gasteiger partial charge in [0.05, 0.1) is 0 Å². The van der Waals surface area contributed by atoms with Gasteiger partial charge in [0, 0.05) is 30.5 Å². The molecule has 3 rings (SSSR count). The molecule has 0 spiro atoms. The number of hydrogen-bond acceptors (Lipinski definition) is 2. The third-order valence-corrected chi connectivity index (χ3v) is 3.00. The topological polar surface area (TPSA) is 57.8 Å². The third-order valence-electron chi connectivity index (χ3n) is 3.00. The van der Waals surface area contributed by atoms with Crippen LogP contribution in [0.1, 0.15) is 16.1 Å². The molecule has 0 aliphatic carbocycles. The Bertz CT molecular complexity index is 699. The molecule has 0 aliphatic rings. The molecule has 2 aromatic heterocycles. The van der Waals surface area contributed by atoms with Crippen LogP contribution in [0.3, 0.4) is 0 Å². The van der Waals surface area contributed by atoms with Gasteiger partial charge in [-0.15, -0.1) is 0 Å². The normalized spacial score (nSPS) is 10.5. The van der Waals surface area contributed by atoms with E-state index in [1.807, 2.05) is 48.8 Å². The van der Waals surface area contributed by atoms with Crippen LogP contribution in [-0.2, 0) is 6.54 Å². The first-order valence-electron chi connectivity index (χ1n) is 6.08. The van der Waals surface area contributed by atoms with E-state index in [9.17, 15) is 4.79 Å². The zero-order chi connectivity index (χ0) is 13.1. The van der Waals surface area contributed by atoms with Gasteiger partial charge in [0.2, 0.25) is 0 Å². The van der Waals surface area contributed by atoms with Gasteiger partial charge in [-0.3, -0.25) is 9.78 Å². The smallest absolute Gasteiger partial charge is 0.270 e. The summed E-state index contributed by atoms with van der Waals surface area (Å²) in [5.74, 6) is -0.155. The highest BCUT2D eigenvalue weighted by molar-refractivity contribution is 6.05. The first-order valence-corrected chi connectivity index (χ1v) is 6.08. The Morgan fingerprint density at radius 1 is 1.21 bits per heavy atom. The molecule has 0 atom stereocenters. The molecule has 0 saturated heterocycles. The highest BCUT2D eigenvalue weighted by atomic mass is 16.1. The van der Waals surface area contributed by atoms with E-state index in [1.54, 1.807) is 6.20 Å². The molecule has 0 unspecified atom stereocenters. The lowest BCUT2D eigenvalue weighted by Gasteiger charge is -2.06. The van der Waals surface area contributed by atoms with Crippen LogP contribution < -0.4 is 5.32 Å². The van der Waals surface area contributed by atoms with Crippen molar-refractivity contribution in [3.05, 3.63) is 66.2 Å². The maximum atomic E-state index is 12.2. The van der Waals surface area contributed by atoms with Crippen LogP contribution in [0.25, 0.3) is 10.8 Å². The van der Waals surface area contributed by atoms with Gasteiger partial charge in [-0.2, -0.15) is 0 Å². The number of aromatic amines is 1. The Hall–Kier alpha value is -2.62. The molecular weight excluding hydrogens is 238 g/mol. The van der Waals surface area contributed by atoms with Crippen LogP contribution in [-0.4, -0.2) is 15.9 Å². The number of hydrogen-bond donors (Lipinski definition) is 2. The quantitative estimate of drug-likeness (QED) is 0.751. The zero-order valence-electron chi connectivity index (χ0n) is 10.3. The second-order valence-electron chi connectivity index (χ2n) is 4.28. The molecule has 0 bridgehead atoms. The largest absolute Gasteiger partial charge is 0.367 e. The molecule has 4 nitrogen and oxygen atoms in total. The van der Waals surface area contributed by atoms with Gasteiger partial charge < -0.3 is 10.3 Å². The monoisotopic (exact) mass is 251 g/mol. The molecule has 94 valence electrons. The summed E-state index contributed by atoms with van der Waals surface area (Å²) in [6.07, 6.45) is 5.35. The van der Waals surface area contributed by atoms with Crippen LogP contribution in [0.4, 0.5) is 0 Å². The molecule has 0 aliphatic heterocycles. The van der Waals surface area contributed by atoms with Crippen molar-refractivity contribution < 1.29 is 4.79 Å². The van der Waals surface area contributed by atoms with E-state index >= 15 is 0 Å². The predicted octanol–water partition coefficient (Wildman–Crippen LogP) is 2.49. The van der Waals surface area contributed by atoms with Crippen molar-refractivity contribution >= 4 is 16.7 Å². The summed E-state index contributed by atoms with van der Waals surface area (Å²) >= 11 is 0. The maximum absolute atomic E-state index is 12.2. The van der Waals surface area contributed by atoms with E-state index in [2.05, 4.69) is 15.3 Å². The summed E-state index contributed by atoms with van der Waals surface area (Å²) in [7, 11) is 0. The summed E-state index contributed by atoms with van der Waals surface area (Å²) < 4.78 is 0. The van der Waals surface area contributed by atoms with Crippen molar-refractivity contribution in [3.63, 3.8) is 0 Å². The standard InChI is InChI=1S/C15H13N3O/c19-15(18-10-11-5-7-16-9-11)14-13-4-2-1-3-12(13)6-8-17-14/h1-9,16H,10H2,(H,18,19). The average Bonchev–Trinajstić information content (AvgIpc) is 2.97. The minimum Gasteiger partial charge on any atom is -0.367 e. The third kappa shape index (κ3) is 2.33. The molecule has 0 fully saturated rings. The van der Waals surface area contributed by atoms with Crippen molar-refractivity contribution in [2.24, 2.45) is 0 Å². The molecule has 0 radical (unpaired) electrons. The number of aromatic nitrogens is 2. The van der Waals surface area contributed by atoms with E-state index in [1.165, 1.54) is 0 Å². The first-order chi connectivity index (χ1) is 9.34. The van der Waals surface area contributed by atoms with E-state index in [-0.39, 0.29) is 5.91 Å². The molecule has 1 amide bonds. The van der Waals surface area contributed by atoms with E-state index in [0.29, 0.717) is 12.2 Å². The number of pyridine rings is 1. The first kappa shape index (κ1) is 11.5. The molecular formula is C15H13N3O. The summed E-state index contributed by atoms with van der Waals surface area (Å²) in [5.41, 5.74) is 1.50. The Morgan fingerprint density at radius 3 is 2.95 bits per heavy atom. The average molecular weight is 251 g/mol. The fourth-order valence-electron chi connectivity index (χ4n) is 2.04. The second kappa shape index (κ2) is 4.94. The van der Waals surface area contributed by atoms with E-state index in [4.69, 9.17) is 0 Å². The molecule has 0 saturated carbocycles.